The van der Waals surface area contributed by atoms with Gasteiger partial charge in [-0.05, 0) is 63.2 Å². The van der Waals surface area contributed by atoms with Gasteiger partial charge in [0.15, 0.2) is 0 Å². The van der Waals surface area contributed by atoms with Gasteiger partial charge in [-0.25, -0.2) is 4.98 Å². The van der Waals surface area contributed by atoms with Crippen LogP contribution in [-0.2, 0) is 6.54 Å². The van der Waals surface area contributed by atoms with Gasteiger partial charge in [0.2, 0.25) is 0 Å². The molecular formula is C21H28N4. The fourth-order valence-corrected chi connectivity index (χ4v) is 3.14. The van der Waals surface area contributed by atoms with E-state index in [1.807, 2.05) is 18.3 Å². The molecule has 0 fully saturated rings. The lowest BCUT2D eigenvalue weighted by molar-refractivity contribution is 0.316. The second kappa shape index (κ2) is 7.28. The number of imidazole rings is 1. The van der Waals surface area contributed by atoms with Crippen LogP contribution in [0.25, 0.3) is 16.9 Å². The minimum Gasteiger partial charge on any atom is -0.398 e. The van der Waals surface area contributed by atoms with Crippen molar-refractivity contribution in [1.82, 2.24) is 14.3 Å². The molecular weight excluding hydrogens is 308 g/mol. The third kappa shape index (κ3) is 3.69. The number of aromatic nitrogens is 2. The van der Waals surface area contributed by atoms with E-state index in [0.717, 1.165) is 30.1 Å². The van der Waals surface area contributed by atoms with E-state index in [-0.39, 0.29) is 0 Å². The summed E-state index contributed by atoms with van der Waals surface area (Å²) in [5.41, 5.74) is 13.8. The Kier molecular flexibility index (Phi) is 5.09. The smallest absolute Gasteiger partial charge is 0.137 e. The number of anilines is 1. The summed E-state index contributed by atoms with van der Waals surface area (Å²) in [6.07, 6.45) is 4.39. The number of aryl methyl sites for hydroxylation is 2. The van der Waals surface area contributed by atoms with E-state index in [9.17, 15) is 0 Å². The minimum absolute atomic E-state index is 0.758. The maximum absolute atomic E-state index is 6.03. The van der Waals surface area contributed by atoms with E-state index in [2.05, 4.69) is 55.3 Å². The molecule has 0 aliphatic heterocycles. The van der Waals surface area contributed by atoms with Crippen molar-refractivity contribution in [2.75, 3.05) is 19.3 Å². The highest BCUT2D eigenvalue weighted by molar-refractivity contribution is 5.68. The molecule has 2 heterocycles. The molecule has 3 rings (SSSR count). The first-order valence-electron chi connectivity index (χ1n) is 9.02. The molecule has 0 saturated carbocycles. The van der Waals surface area contributed by atoms with E-state index in [4.69, 9.17) is 10.7 Å². The number of nitrogens with zero attached hydrogens (tertiary/aromatic N) is 3. The van der Waals surface area contributed by atoms with Crippen LogP contribution in [0, 0.1) is 13.8 Å². The molecule has 0 aliphatic rings. The van der Waals surface area contributed by atoms with E-state index in [1.165, 1.54) is 35.2 Å². The zero-order valence-electron chi connectivity index (χ0n) is 15.7. The first kappa shape index (κ1) is 17.5. The standard InChI is InChI=1S/C21H28N4/c1-5-6-11-24(4)14-19-21(17-8-7-15(2)16(3)12-17)23-20-10-9-18(22)13-25(19)20/h7-10,12-13H,5-6,11,14,22H2,1-4H3. The van der Waals surface area contributed by atoms with E-state index in [0.29, 0.717) is 0 Å². The molecule has 0 amide bonds. The molecule has 2 N–H and O–H groups in total. The molecule has 0 spiro atoms. The molecule has 132 valence electrons. The van der Waals surface area contributed by atoms with Crippen molar-refractivity contribution in [3.63, 3.8) is 0 Å². The molecule has 4 heteroatoms. The van der Waals surface area contributed by atoms with E-state index in [1.54, 1.807) is 0 Å². The number of hydrogen-bond donors (Lipinski definition) is 1. The predicted octanol–water partition coefficient (Wildman–Crippen LogP) is 4.43. The summed E-state index contributed by atoms with van der Waals surface area (Å²) in [6, 6.07) is 10.5. The summed E-state index contributed by atoms with van der Waals surface area (Å²) in [5.74, 6) is 0. The molecule has 25 heavy (non-hydrogen) atoms. The number of benzene rings is 1. The number of nitrogens with two attached hydrogens (primary N) is 1. The summed E-state index contributed by atoms with van der Waals surface area (Å²) < 4.78 is 2.14. The molecule has 0 atom stereocenters. The third-order valence-corrected chi connectivity index (χ3v) is 4.83. The van der Waals surface area contributed by atoms with Crippen molar-refractivity contribution in [3.8, 4) is 11.3 Å². The van der Waals surface area contributed by atoms with Crippen LogP contribution >= 0.6 is 0 Å². The van der Waals surface area contributed by atoms with Crippen LogP contribution in [0.3, 0.4) is 0 Å². The molecule has 3 aromatic rings. The SMILES string of the molecule is CCCCN(C)Cc1c(-c2ccc(C)c(C)c2)nc2ccc(N)cn12. The first-order valence-corrected chi connectivity index (χ1v) is 9.02. The molecule has 4 nitrogen and oxygen atoms in total. The molecule has 2 aromatic heterocycles. The zero-order chi connectivity index (χ0) is 18.0. The number of rotatable bonds is 6. The summed E-state index contributed by atoms with van der Waals surface area (Å²) in [4.78, 5) is 7.27. The number of nitrogen functional groups attached to an aromatic ring is 1. The van der Waals surface area contributed by atoms with Crippen molar-refractivity contribution in [2.45, 2.75) is 40.2 Å². The monoisotopic (exact) mass is 336 g/mol. The third-order valence-electron chi connectivity index (χ3n) is 4.83. The van der Waals surface area contributed by atoms with E-state index < -0.39 is 0 Å². The maximum atomic E-state index is 6.03. The normalized spacial score (nSPS) is 11.6. The Labute approximate surface area is 150 Å². The minimum atomic E-state index is 0.758. The highest BCUT2D eigenvalue weighted by Crippen LogP contribution is 2.28. The first-order chi connectivity index (χ1) is 12.0. The van der Waals surface area contributed by atoms with Gasteiger partial charge in [0.1, 0.15) is 5.65 Å². The Morgan fingerprint density at radius 3 is 2.64 bits per heavy atom. The Bertz CT molecular complexity index is 879. The number of pyridine rings is 1. The average molecular weight is 336 g/mol. The molecule has 0 bridgehead atoms. The summed E-state index contributed by atoms with van der Waals surface area (Å²) in [6.45, 7) is 8.46. The van der Waals surface area contributed by atoms with Crippen molar-refractivity contribution < 1.29 is 0 Å². The van der Waals surface area contributed by atoms with Gasteiger partial charge in [-0.2, -0.15) is 0 Å². The Morgan fingerprint density at radius 2 is 1.92 bits per heavy atom. The highest BCUT2D eigenvalue weighted by Gasteiger charge is 2.16. The second-order valence-electron chi connectivity index (χ2n) is 6.99. The maximum Gasteiger partial charge on any atom is 0.137 e. The van der Waals surface area contributed by atoms with Crippen LogP contribution in [0.5, 0.6) is 0 Å². The highest BCUT2D eigenvalue weighted by atomic mass is 15.1. The lowest BCUT2D eigenvalue weighted by atomic mass is 10.0. The van der Waals surface area contributed by atoms with Crippen LogP contribution in [0.1, 0.15) is 36.6 Å². The summed E-state index contributed by atoms with van der Waals surface area (Å²) in [5, 5.41) is 0. The van der Waals surface area contributed by atoms with Crippen molar-refractivity contribution in [2.24, 2.45) is 0 Å². The van der Waals surface area contributed by atoms with Crippen LogP contribution in [0.15, 0.2) is 36.5 Å². The molecule has 0 saturated heterocycles. The predicted molar refractivity (Wildman–Crippen MR) is 106 cm³/mol. The van der Waals surface area contributed by atoms with Crippen molar-refractivity contribution in [3.05, 3.63) is 53.3 Å². The second-order valence-corrected chi connectivity index (χ2v) is 6.99. The van der Waals surface area contributed by atoms with Gasteiger partial charge in [-0.3, -0.25) is 0 Å². The topological polar surface area (TPSA) is 46.6 Å². The largest absolute Gasteiger partial charge is 0.398 e. The van der Waals surface area contributed by atoms with Crippen molar-refractivity contribution in [1.29, 1.82) is 0 Å². The van der Waals surface area contributed by atoms with Crippen molar-refractivity contribution >= 4 is 11.3 Å². The van der Waals surface area contributed by atoms with Gasteiger partial charge in [0.05, 0.1) is 11.4 Å². The van der Waals surface area contributed by atoms with Crippen LogP contribution in [0.4, 0.5) is 5.69 Å². The quantitative estimate of drug-likeness (QED) is 0.724. The molecule has 0 unspecified atom stereocenters. The summed E-state index contributed by atoms with van der Waals surface area (Å²) in [7, 11) is 2.17. The summed E-state index contributed by atoms with van der Waals surface area (Å²) >= 11 is 0. The van der Waals surface area contributed by atoms with Gasteiger partial charge in [-0.15, -0.1) is 0 Å². The number of unbranched alkanes of at least 4 members (excludes halogenated alkanes) is 1. The van der Waals surface area contributed by atoms with E-state index >= 15 is 0 Å². The molecule has 0 radical (unpaired) electrons. The average Bonchev–Trinajstić information content (AvgIpc) is 2.93. The van der Waals surface area contributed by atoms with Gasteiger partial charge >= 0.3 is 0 Å². The number of hydrogen-bond acceptors (Lipinski definition) is 3. The fourth-order valence-electron chi connectivity index (χ4n) is 3.14. The lowest BCUT2D eigenvalue weighted by Crippen LogP contribution is -2.20. The Morgan fingerprint density at radius 1 is 1.12 bits per heavy atom. The van der Waals surface area contributed by atoms with Gasteiger partial charge in [-0.1, -0.05) is 25.5 Å². The lowest BCUT2D eigenvalue weighted by Gasteiger charge is -2.17. The van der Waals surface area contributed by atoms with Gasteiger partial charge in [0, 0.05) is 24.0 Å². The molecule has 0 aliphatic carbocycles. The van der Waals surface area contributed by atoms with Crippen LogP contribution < -0.4 is 5.73 Å². The van der Waals surface area contributed by atoms with Crippen LogP contribution in [0.2, 0.25) is 0 Å². The Hall–Kier alpha value is -2.33. The Balaban J connectivity index is 2.09. The van der Waals surface area contributed by atoms with Crippen LogP contribution in [-0.4, -0.2) is 27.9 Å². The zero-order valence-corrected chi connectivity index (χ0v) is 15.7. The van der Waals surface area contributed by atoms with Gasteiger partial charge < -0.3 is 15.0 Å². The van der Waals surface area contributed by atoms with Gasteiger partial charge in [0.25, 0.3) is 0 Å². The fraction of sp³-hybridized carbons (Fsp3) is 0.381. The number of fused-ring (bicyclic) bond motifs is 1. The molecule has 1 aromatic carbocycles.